The van der Waals surface area contributed by atoms with Crippen LogP contribution in [0.2, 0.25) is 0 Å². The van der Waals surface area contributed by atoms with Gasteiger partial charge in [-0.15, -0.1) is 0 Å². The zero-order valence-corrected chi connectivity index (χ0v) is 12.9. The van der Waals surface area contributed by atoms with Crippen molar-refractivity contribution in [2.24, 2.45) is 0 Å². The summed E-state index contributed by atoms with van der Waals surface area (Å²) in [5, 5.41) is 3.27. The van der Waals surface area contributed by atoms with E-state index in [1.54, 1.807) is 4.90 Å². The molecule has 1 saturated heterocycles. The molecule has 1 amide bonds. The zero-order chi connectivity index (χ0) is 13.8. The Morgan fingerprint density at radius 1 is 1.58 bits per heavy atom. The maximum Gasteiger partial charge on any atom is 0.253 e. The second-order valence-electron chi connectivity index (χ2n) is 4.84. The number of morpholine rings is 1. The Kier molecular flexibility index (Phi) is 4.96. The molecule has 104 valence electrons. The van der Waals surface area contributed by atoms with Crippen LogP contribution in [0.5, 0.6) is 0 Å². The van der Waals surface area contributed by atoms with E-state index in [4.69, 9.17) is 4.74 Å². The SMILES string of the molecule is Cc1cc(Br)ccc1C(=O)N(C)CC1CNCCO1. The Morgan fingerprint density at radius 2 is 2.37 bits per heavy atom. The molecule has 0 bridgehead atoms. The third-order valence-electron chi connectivity index (χ3n) is 3.25. The first kappa shape index (κ1) is 14.5. The second kappa shape index (κ2) is 6.50. The predicted molar refractivity (Wildman–Crippen MR) is 78.4 cm³/mol. The molecule has 1 fully saturated rings. The summed E-state index contributed by atoms with van der Waals surface area (Å²) in [5.41, 5.74) is 1.73. The number of nitrogens with one attached hydrogen (secondary N) is 1. The van der Waals surface area contributed by atoms with Crippen LogP contribution in [0.4, 0.5) is 0 Å². The molecule has 0 saturated carbocycles. The van der Waals surface area contributed by atoms with Crippen molar-refractivity contribution < 1.29 is 9.53 Å². The lowest BCUT2D eigenvalue weighted by Crippen LogP contribution is -2.45. The van der Waals surface area contributed by atoms with Crippen LogP contribution in [0.3, 0.4) is 0 Å². The van der Waals surface area contributed by atoms with E-state index in [0.717, 1.165) is 28.7 Å². The highest BCUT2D eigenvalue weighted by atomic mass is 79.9. The molecule has 1 aliphatic rings. The number of aryl methyl sites for hydroxylation is 1. The number of hydrogen-bond acceptors (Lipinski definition) is 3. The molecule has 1 aromatic carbocycles. The van der Waals surface area contributed by atoms with E-state index in [1.807, 2.05) is 32.2 Å². The maximum absolute atomic E-state index is 12.4. The van der Waals surface area contributed by atoms with Crippen LogP contribution in [-0.4, -0.2) is 50.2 Å². The highest BCUT2D eigenvalue weighted by Gasteiger charge is 2.20. The standard InChI is InChI=1S/C14H19BrN2O2/c1-10-7-11(15)3-4-13(10)14(18)17(2)9-12-8-16-5-6-19-12/h3-4,7,12,16H,5-6,8-9H2,1-2H3. The van der Waals surface area contributed by atoms with Gasteiger partial charge < -0.3 is 15.0 Å². The molecule has 1 aliphatic heterocycles. The summed E-state index contributed by atoms with van der Waals surface area (Å²) in [6.07, 6.45) is 0.0819. The van der Waals surface area contributed by atoms with Gasteiger partial charge in [0.2, 0.25) is 0 Å². The summed E-state index contributed by atoms with van der Waals surface area (Å²) >= 11 is 3.41. The molecule has 1 heterocycles. The maximum atomic E-state index is 12.4. The Morgan fingerprint density at radius 3 is 3.00 bits per heavy atom. The molecule has 1 unspecified atom stereocenters. The van der Waals surface area contributed by atoms with Crippen LogP contribution in [0.25, 0.3) is 0 Å². The number of nitrogens with zero attached hydrogens (tertiary/aromatic N) is 1. The van der Waals surface area contributed by atoms with Gasteiger partial charge in [-0.05, 0) is 30.7 Å². The number of hydrogen-bond donors (Lipinski definition) is 1. The lowest BCUT2D eigenvalue weighted by Gasteiger charge is -2.28. The normalized spacial score (nSPS) is 19.2. The van der Waals surface area contributed by atoms with Gasteiger partial charge in [-0.25, -0.2) is 0 Å². The predicted octanol–water partition coefficient (Wildman–Crippen LogP) is 1.82. The largest absolute Gasteiger partial charge is 0.374 e. The molecule has 1 atom stereocenters. The molecule has 4 nitrogen and oxygen atoms in total. The van der Waals surface area contributed by atoms with Crippen molar-refractivity contribution >= 4 is 21.8 Å². The van der Waals surface area contributed by atoms with Gasteiger partial charge in [0.25, 0.3) is 5.91 Å². The molecule has 1 N–H and O–H groups in total. The summed E-state index contributed by atoms with van der Waals surface area (Å²) < 4.78 is 6.61. The van der Waals surface area contributed by atoms with Gasteiger partial charge in [0.1, 0.15) is 0 Å². The molecule has 0 aliphatic carbocycles. The average Bonchev–Trinajstić information content (AvgIpc) is 2.39. The molecular formula is C14H19BrN2O2. The van der Waals surface area contributed by atoms with Gasteiger partial charge in [0.15, 0.2) is 0 Å². The van der Waals surface area contributed by atoms with E-state index in [9.17, 15) is 4.79 Å². The lowest BCUT2D eigenvalue weighted by atomic mass is 10.1. The minimum absolute atomic E-state index is 0.0409. The number of benzene rings is 1. The third kappa shape index (κ3) is 3.78. The van der Waals surface area contributed by atoms with Crippen molar-refractivity contribution in [2.75, 3.05) is 33.3 Å². The summed E-state index contributed by atoms with van der Waals surface area (Å²) in [4.78, 5) is 14.1. The number of amides is 1. The van der Waals surface area contributed by atoms with Crippen molar-refractivity contribution in [3.05, 3.63) is 33.8 Å². The Balaban J connectivity index is 2.01. The van der Waals surface area contributed by atoms with Gasteiger partial charge in [0.05, 0.1) is 12.7 Å². The first-order chi connectivity index (χ1) is 9.08. The van der Waals surface area contributed by atoms with E-state index in [0.29, 0.717) is 13.2 Å². The fourth-order valence-electron chi connectivity index (χ4n) is 2.20. The molecule has 1 aromatic rings. The molecular weight excluding hydrogens is 308 g/mol. The van der Waals surface area contributed by atoms with Crippen molar-refractivity contribution in [1.82, 2.24) is 10.2 Å². The van der Waals surface area contributed by atoms with Gasteiger partial charge in [-0.3, -0.25) is 4.79 Å². The van der Waals surface area contributed by atoms with E-state index < -0.39 is 0 Å². The van der Waals surface area contributed by atoms with Gasteiger partial charge in [-0.1, -0.05) is 15.9 Å². The first-order valence-corrected chi connectivity index (χ1v) is 7.21. The molecule has 19 heavy (non-hydrogen) atoms. The highest BCUT2D eigenvalue weighted by molar-refractivity contribution is 9.10. The topological polar surface area (TPSA) is 41.6 Å². The quantitative estimate of drug-likeness (QED) is 0.921. The third-order valence-corrected chi connectivity index (χ3v) is 3.74. The monoisotopic (exact) mass is 326 g/mol. The van der Waals surface area contributed by atoms with Crippen LogP contribution in [-0.2, 0) is 4.74 Å². The summed E-state index contributed by atoms with van der Waals surface area (Å²) in [5.74, 6) is 0.0409. The molecule has 5 heteroatoms. The summed E-state index contributed by atoms with van der Waals surface area (Å²) in [6, 6.07) is 5.71. The number of carbonyl (C=O) groups excluding carboxylic acids is 1. The zero-order valence-electron chi connectivity index (χ0n) is 11.3. The Labute approximate surface area is 122 Å². The number of rotatable bonds is 3. The van der Waals surface area contributed by atoms with Gasteiger partial charge >= 0.3 is 0 Å². The van der Waals surface area contributed by atoms with Crippen molar-refractivity contribution in [2.45, 2.75) is 13.0 Å². The van der Waals surface area contributed by atoms with Crippen molar-refractivity contribution in [3.8, 4) is 0 Å². The van der Waals surface area contributed by atoms with Gasteiger partial charge in [0, 0.05) is 36.7 Å². The van der Waals surface area contributed by atoms with Crippen molar-refractivity contribution in [3.63, 3.8) is 0 Å². The Hall–Kier alpha value is -0.910. The summed E-state index contributed by atoms with van der Waals surface area (Å²) in [6.45, 7) is 4.97. The average molecular weight is 327 g/mol. The molecule has 2 rings (SSSR count). The van der Waals surface area contributed by atoms with Gasteiger partial charge in [-0.2, -0.15) is 0 Å². The van der Waals surface area contributed by atoms with Crippen LogP contribution >= 0.6 is 15.9 Å². The smallest absolute Gasteiger partial charge is 0.253 e. The number of carbonyl (C=O) groups is 1. The van der Waals surface area contributed by atoms with Crippen LogP contribution < -0.4 is 5.32 Å². The number of likely N-dealkylation sites (N-methyl/N-ethyl adjacent to an activating group) is 1. The van der Waals surface area contributed by atoms with E-state index in [-0.39, 0.29) is 12.0 Å². The molecule has 0 spiro atoms. The van der Waals surface area contributed by atoms with E-state index in [1.165, 1.54) is 0 Å². The first-order valence-electron chi connectivity index (χ1n) is 6.42. The second-order valence-corrected chi connectivity index (χ2v) is 5.76. The van der Waals surface area contributed by atoms with E-state index in [2.05, 4.69) is 21.2 Å². The minimum atomic E-state index is 0.0409. The number of halogens is 1. The summed E-state index contributed by atoms with van der Waals surface area (Å²) in [7, 11) is 1.82. The fourth-order valence-corrected chi connectivity index (χ4v) is 2.67. The van der Waals surface area contributed by atoms with Crippen molar-refractivity contribution in [1.29, 1.82) is 0 Å². The van der Waals surface area contributed by atoms with E-state index >= 15 is 0 Å². The Bertz CT molecular complexity index is 459. The van der Waals surface area contributed by atoms with Crippen LogP contribution in [0.1, 0.15) is 15.9 Å². The molecule has 0 radical (unpaired) electrons. The minimum Gasteiger partial charge on any atom is -0.374 e. The highest BCUT2D eigenvalue weighted by Crippen LogP contribution is 2.17. The van der Waals surface area contributed by atoms with Crippen LogP contribution in [0.15, 0.2) is 22.7 Å². The molecule has 0 aromatic heterocycles. The lowest BCUT2D eigenvalue weighted by molar-refractivity contribution is 0.0103. The van der Waals surface area contributed by atoms with Crippen LogP contribution in [0, 0.1) is 6.92 Å². The number of ether oxygens (including phenoxy) is 1. The fraction of sp³-hybridized carbons (Fsp3) is 0.500.